The Bertz CT molecular complexity index is 339. The van der Waals surface area contributed by atoms with E-state index in [4.69, 9.17) is 0 Å². The molecule has 0 spiro atoms. The van der Waals surface area contributed by atoms with Crippen molar-refractivity contribution >= 4 is 0 Å². The average Bonchev–Trinajstić information content (AvgIpc) is 2.27. The summed E-state index contributed by atoms with van der Waals surface area (Å²) in [5.41, 5.74) is 5.81. The number of hydrogen-bond donors (Lipinski definition) is 0. The summed E-state index contributed by atoms with van der Waals surface area (Å²) in [7, 11) is 0. The standard InChI is InChI=1S/C15H23N/c1-12-9-15(10-13(2)14(12)3)11-16-7-5-4-6-8-16/h9-10H,4-8,11H2,1-3H3. The largest absolute Gasteiger partial charge is 0.299 e. The number of hydrogen-bond acceptors (Lipinski definition) is 1. The quantitative estimate of drug-likeness (QED) is 0.731. The van der Waals surface area contributed by atoms with Gasteiger partial charge in [-0.25, -0.2) is 0 Å². The van der Waals surface area contributed by atoms with Crippen molar-refractivity contribution in [2.45, 2.75) is 46.6 Å². The fourth-order valence-corrected chi connectivity index (χ4v) is 2.59. The van der Waals surface area contributed by atoms with E-state index < -0.39 is 0 Å². The van der Waals surface area contributed by atoms with Gasteiger partial charge in [0, 0.05) is 6.54 Å². The molecule has 0 radical (unpaired) electrons. The minimum absolute atomic E-state index is 1.14. The van der Waals surface area contributed by atoms with Gasteiger partial charge < -0.3 is 0 Å². The van der Waals surface area contributed by atoms with Crippen LogP contribution in [0.15, 0.2) is 12.1 Å². The lowest BCUT2D eigenvalue weighted by Crippen LogP contribution is -2.29. The van der Waals surface area contributed by atoms with E-state index >= 15 is 0 Å². The average molecular weight is 217 g/mol. The molecule has 88 valence electrons. The van der Waals surface area contributed by atoms with Crippen molar-refractivity contribution in [2.75, 3.05) is 13.1 Å². The first-order valence-corrected chi connectivity index (χ1v) is 6.46. The molecule has 0 aromatic heterocycles. The van der Waals surface area contributed by atoms with Crippen molar-refractivity contribution < 1.29 is 0 Å². The van der Waals surface area contributed by atoms with Gasteiger partial charge in [0.2, 0.25) is 0 Å². The first-order chi connectivity index (χ1) is 7.66. The van der Waals surface area contributed by atoms with Gasteiger partial charge in [-0.3, -0.25) is 4.90 Å². The Hall–Kier alpha value is -0.820. The Morgan fingerprint density at radius 3 is 2.06 bits per heavy atom. The molecular formula is C15H23N. The molecular weight excluding hydrogens is 194 g/mol. The first-order valence-electron chi connectivity index (χ1n) is 6.46. The van der Waals surface area contributed by atoms with E-state index in [1.54, 1.807) is 0 Å². The van der Waals surface area contributed by atoms with Crippen molar-refractivity contribution in [2.24, 2.45) is 0 Å². The third-order valence-corrected chi connectivity index (χ3v) is 3.84. The van der Waals surface area contributed by atoms with Crippen LogP contribution in [0.1, 0.15) is 41.5 Å². The minimum atomic E-state index is 1.14. The van der Waals surface area contributed by atoms with E-state index in [-0.39, 0.29) is 0 Å². The van der Waals surface area contributed by atoms with Crippen molar-refractivity contribution in [1.29, 1.82) is 0 Å². The Morgan fingerprint density at radius 1 is 0.938 bits per heavy atom. The summed E-state index contributed by atoms with van der Waals surface area (Å²) < 4.78 is 0. The molecule has 2 rings (SSSR count). The molecule has 0 bridgehead atoms. The predicted octanol–water partition coefficient (Wildman–Crippen LogP) is 3.60. The molecule has 0 amide bonds. The van der Waals surface area contributed by atoms with Crippen molar-refractivity contribution in [3.05, 3.63) is 34.4 Å². The third kappa shape index (κ3) is 2.65. The Kier molecular flexibility index (Phi) is 3.65. The van der Waals surface area contributed by atoms with E-state index in [0.29, 0.717) is 0 Å². The van der Waals surface area contributed by atoms with Crippen LogP contribution in [0.5, 0.6) is 0 Å². The van der Waals surface area contributed by atoms with Crippen molar-refractivity contribution in [3.63, 3.8) is 0 Å². The first kappa shape index (κ1) is 11.7. The molecule has 16 heavy (non-hydrogen) atoms. The van der Waals surface area contributed by atoms with E-state index in [1.807, 2.05) is 0 Å². The molecule has 1 aliphatic heterocycles. The van der Waals surface area contributed by atoms with Crippen LogP contribution >= 0.6 is 0 Å². The molecule has 1 heterocycles. The maximum Gasteiger partial charge on any atom is 0.0233 e. The highest BCUT2D eigenvalue weighted by Gasteiger charge is 2.11. The van der Waals surface area contributed by atoms with Crippen LogP contribution in [0.25, 0.3) is 0 Å². The second-order valence-corrected chi connectivity index (χ2v) is 5.19. The maximum absolute atomic E-state index is 2.59. The topological polar surface area (TPSA) is 3.24 Å². The van der Waals surface area contributed by atoms with Crippen molar-refractivity contribution in [3.8, 4) is 0 Å². The van der Waals surface area contributed by atoms with Crippen LogP contribution in [0, 0.1) is 20.8 Å². The van der Waals surface area contributed by atoms with E-state index in [0.717, 1.165) is 6.54 Å². The van der Waals surface area contributed by atoms with Gasteiger partial charge in [0.25, 0.3) is 0 Å². The van der Waals surface area contributed by atoms with Gasteiger partial charge in [0.15, 0.2) is 0 Å². The Morgan fingerprint density at radius 2 is 1.50 bits per heavy atom. The van der Waals surface area contributed by atoms with Gasteiger partial charge in [-0.2, -0.15) is 0 Å². The molecule has 0 aliphatic carbocycles. The number of aryl methyl sites for hydroxylation is 2. The summed E-state index contributed by atoms with van der Waals surface area (Å²) >= 11 is 0. The zero-order valence-electron chi connectivity index (χ0n) is 10.8. The fraction of sp³-hybridized carbons (Fsp3) is 0.600. The lowest BCUT2D eigenvalue weighted by Gasteiger charge is -2.26. The van der Waals surface area contributed by atoms with Crippen LogP contribution in [0.3, 0.4) is 0 Å². The van der Waals surface area contributed by atoms with Crippen LogP contribution in [0.2, 0.25) is 0 Å². The Labute approximate surface area is 99.5 Å². The summed E-state index contributed by atoms with van der Waals surface area (Å²) in [4.78, 5) is 2.59. The molecule has 0 saturated carbocycles. The van der Waals surface area contributed by atoms with Crippen LogP contribution in [0.4, 0.5) is 0 Å². The highest BCUT2D eigenvalue weighted by Crippen LogP contribution is 2.18. The third-order valence-electron chi connectivity index (χ3n) is 3.84. The summed E-state index contributed by atoms with van der Waals surface area (Å²) in [6, 6.07) is 4.72. The highest BCUT2D eigenvalue weighted by atomic mass is 15.1. The molecule has 1 aromatic carbocycles. The predicted molar refractivity (Wildman–Crippen MR) is 69.8 cm³/mol. The van der Waals surface area contributed by atoms with Gasteiger partial charge in [0.05, 0.1) is 0 Å². The summed E-state index contributed by atoms with van der Waals surface area (Å²) in [5.74, 6) is 0. The second kappa shape index (κ2) is 5.01. The highest BCUT2D eigenvalue weighted by molar-refractivity contribution is 5.36. The Balaban J connectivity index is 2.09. The fourth-order valence-electron chi connectivity index (χ4n) is 2.59. The number of rotatable bonds is 2. The molecule has 1 saturated heterocycles. The zero-order chi connectivity index (χ0) is 11.5. The van der Waals surface area contributed by atoms with Gasteiger partial charge >= 0.3 is 0 Å². The summed E-state index contributed by atoms with van der Waals surface area (Å²) in [5, 5.41) is 0. The molecule has 1 aliphatic rings. The molecule has 1 heteroatoms. The number of nitrogens with zero attached hydrogens (tertiary/aromatic N) is 1. The van der Waals surface area contributed by atoms with Crippen LogP contribution < -0.4 is 0 Å². The lowest BCUT2D eigenvalue weighted by molar-refractivity contribution is 0.221. The molecule has 0 atom stereocenters. The molecule has 1 fully saturated rings. The van der Waals surface area contributed by atoms with E-state index in [2.05, 4.69) is 37.8 Å². The second-order valence-electron chi connectivity index (χ2n) is 5.19. The monoisotopic (exact) mass is 217 g/mol. The number of benzene rings is 1. The van der Waals surface area contributed by atoms with E-state index in [9.17, 15) is 0 Å². The minimum Gasteiger partial charge on any atom is -0.299 e. The van der Waals surface area contributed by atoms with Crippen LogP contribution in [-0.4, -0.2) is 18.0 Å². The maximum atomic E-state index is 2.59. The smallest absolute Gasteiger partial charge is 0.0233 e. The molecule has 0 unspecified atom stereocenters. The summed E-state index contributed by atoms with van der Waals surface area (Å²) in [6.07, 6.45) is 4.18. The SMILES string of the molecule is Cc1cc(CN2CCCCC2)cc(C)c1C. The zero-order valence-corrected chi connectivity index (χ0v) is 10.8. The van der Waals surface area contributed by atoms with E-state index in [1.165, 1.54) is 54.6 Å². The van der Waals surface area contributed by atoms with Gasteiger partial charge in [-0.05, 0) is 69.0 Å². The number of piperidine rings is 1. The summed E-state index contributed by atoms with van der Waals surface area (Å²) in [6.45, 7) is 10.4. The number of likely N-dealkylation sites (tertiary alicyclic amines) is 1. The molecule has 0 N–H and O–H groups in total. The van der Waals surface area contributed by atoms with Gasteiger partial charge in [-0.15, -0.1) is 0 Å². The lowest BCUT2D eigenvalue weighted by atomic mass is 10.00. The molecule has 1 aromatic rings. The molecule has 1 nitrogen and oxygen atoms in total. The van der Waals surface area contributed by atoms with Gasteiger partial charge in [-0.1, -0.05) is 18.6 Å². The normalized spacial score (nSPS) is 17.7. The van der Waals surface area contributed by atoms with Gasteiger partial charge in [0.1, 0.15) is 0 Å². The van der Waals surface area contributed by atoms with Crippen LogP contribution in [-0.2, 0) is 6.54 Å². The van der Waals surface area contributed by atoms with Crippen molar-refractivity contribution in [1.82, 2.24) is 4.90 Å².